The highest BCUT2D eigenvalue weighted by atomic mass is 16.4. The first-order chi connectivity index (χ1) is 11.3. The molecule has 0 spiro atoms. The summed E-state index contributed by atoms with van der Waals surface area (Å²) in [6.45, 7) is 0. The molecule has 0 radical (unpaired) electrons. The summed E-state index contributed by atoms with van der Waals surface area (Å²) in [5.41, 5.74) is -0.177. The molecule has 10 nitrogen and oxygen atoms in total. The molecule has 4 atom stereocenters. The number of rotatable bonds is 2. The van der Waals surface area contributed by atoms with Crippen molar-refractivity contribution in [3.63, 3.8) is 0 Å². The second-order valence-corrected chi connectivity index (χ2v) is 5.32. The summed E-state index contributed by atoms with van der Waals surface area (Å²) < 4.78 is 0. The molecule has 2 heterocycles. The average Bonchev–Trinajstić information content (AvgIpc) is 2.88. The number of hydrogen-bond donors (Lipinski definition) is 4. The summed E-state index contributed by atoms with van der Waals surface area (Å²) in [5.74, 6) is -4.21. The first-order valence-corrected chi connectivity index (χ1v) is 6.83. The van der Waals surface area contributed by atoms with Gasteiger partial charge in [-0.3, -0.25) is 19.2 Å². The van der Waals surface area contributed by atoms with Crippen molar-refractivity contribution in [2.75, 3.05) is 9.80 Å². The minimum atomic E-state index is -1.90. The van der Waals surface area contributed by atoms with Crippen LogP contribution in [0.15, 0.2) is 24.3 Å². The SMILES string of the molecule is O=C1[C@H](O)[C@@H](O)C(=O)N1c1cccc(N2C(=O)[C@H](O)[C@@H](O)C2=O)c1. The van der Waals surface area contributed by atoms with E-state index >= 15 is 0 Å². The lowest BCUT2D eigenvalue weighted by Gasteiger charge is -2.18. The largest absolute Gasteiger partial charge is 0.380 e. The molecule has 0 unspecified atom stereocenters. The maximum atomic E-state index is 11.9. The maximum Gasteiger partial charge on any atom is 0.265 e. The van der Waals surface area contributed by atoms with Gasteiger partial charge in [-0.25, -0.2) is 9.80 Å². The Labute approximate surface area is 134 Å². The van der Waals surface area contributed by atoms with E-state index in [1.807, 2.05) is 0 Å². The van der Waals surface area contributed by atoms with Gasteiger partial charge in [-0.1, -0.05) is 6.07 Å². The first kappa shape index (κ1) is 16.2. The van der Waals surface area contributed by atoms with E-state index in [9.17, 15) is 39.6 Å². The molecule has 0 aromatic heterocycles. The van der Waals surface area contributed by atoms with Crippen LogP contribution in [0.5, 0.6) is 0 Å². The van der Waals surface area contributed by atoms with Crippen molar-refractivity contribution in [1.29, 1.82) is 0 Å². The van der Waals surface area contributed by atoms with Crippen molar-refractivity contribution in [2.45, 2.75) is 24.4 Å². The Morgan fingerprint density at radius 1 is 0.625 bits per heavy atom. The summed E-state index contributed by atoms with van der Waals surface area (Å²) >= 11 is 0. The number of carbonyl (C=O) groups is 4. The van der Waals surface area contributed by atoms with Gasteiger partial charge >= 0.3 is 0 Å². The van der Waals surface area contributed by atoms with Gasteiger partial charge in [0.05, 0.1) is 11.4 Å². The Morgan fingerprint density at radius 2 is 0.917 bits per heavy atom. The lowest BCUT2D eigenvalue weighted by Crippen LogP contribution is -2.34. The molecule has 10 heteroatoms. The first-order valence-electron chi connectivity index (χ1n) is 6.83. The van der Waals surface area contributed by atoms with Crippen molar-refractivity contribution in [2.24, 2.45) is 0 Å². The monoisotopic (exact) mass is 336 g/mol. The molecule has 0 saturated carbocycles. The average molecular weight is 336 g/mol. The molecule has 3 rings (SSSR count). The van der Waals surface area contributed by atoms with Crippen LogP contribution in [0.25, 0.3) is 0 Å². The fourth-order valence-electron chi connectivity index (χ4n) is 2.57. The van der Waals surface area contributed by atoms with Gasteiger partial charge in [0.2, 0.25) is 0 Å². The number of imide groups is 2. The summed E-state index contributed by atoms with van der Waals surface area (Å²) in [5, 5.41) is 37.8. The zero-order chi connectivity index (χ0) is 17.8. The molecule has 4 amide bonds. The van der Waals surface area contributed by atoms with Crippen molar-refractivity contribution in [1.82, 2.24) is 0 Å². The number of carbonyl (C=O) groups excluding carboxylic acids is 4. The molecular weight excluding hydrogens is 324 g/mol. The van der Waals surface area contributed by atoms with Gasteiger partial charge in [0.25, 0.3) is 23.6 Å². The Morgan fingerprint density at radius 3 is 1.21 bits per heavy atom. The molecule has 126 valence electrons. The summed E-state index contributed by atoms with van der Waals surface area (Å²) in [4.78, 5) is 48.5. The van der Waals surface area contributed by atoms with Crippen molar-refractivity contribution < 1.29 is 39.6 Å². The normalized spacial score (nSPS) is 30.7. The molecule has 2 aliphatic heterocycles. The quantitative estimate of drug-likeness (QED) is 0.413. The fourth-order valence-corrected chi connectivity index (χ4v) is 2.57. The Hall–Kier alpha value is -2.66. The van der Waals surface area contributed by atoms with Crippen LogP contribution >= 0.6 is 0 Å². The van der Waals surface area contributed by atoms with E-state index < -0.39 is 48.0 Å². The minimum Gasteiger partial charge on any atom is -0.380 e. The zero-order valence-corrected chi connectivity index (χ0v) is 11.9. The van der Waals surface area contributed by atoms with Crippen LogP contribution in [-0.4, -0.2) is 68.5 Å². The van der Waals surface area contributed by atoms with Gasteiger partial charge < -0.3 is 20.4 Å². The highest BCUT2D eigenvalue weighted by molar-refractivity contribution is 6.26. The van der Waals surface area contributed by atoms with Crippen LogP contribution in [0.2, 0.25) is 0 Å². The van der Waals surface area contributed by atoms with E-state index in [1.165, 1.54) is 18.2 Å². The highest BCUT2D eigenvalue weighted by Crippen LogP contribution is 2.30. The minimum absolute atomic E-state index is 0.0884. The molecule has 24 heavy (non-hydrogen) atoms. The van der Waals surface area contributed by atoms with E-state index in [4.69, 9.17) is 0 Å². The van der Waals surface area contributed by atoms with Crippen LogP contribution in [0.1, 0.15) is 0 Å². The van der Waals surface area contributed by atoms with Gasteiger partial charge in [-0.05, 0) is 18.2 Å². The van der Waals surface area contributed by atoms with Crippen LogP contribution in [-0.2, 0) is 19.2 Å². The van der Waals surface area contributed by atoms with Gasteiger partial charge in [0.1, 0.15) is 0 Å². The molecule has 4 N–H and O–H groups in total. The molecule has 2 fully saturated rings. The number of amides is 4. The van der Waals surface area contributed by atoms with Crippen molar-refractivity contribution >= 4 is 35.0 Å². The number of hydrogen-bond acceptors (Lipinski definition) is 8. The third kappa shape index (κ3) is 2.12. The predicted octanol–water partition coefficient (Wildman–Crippen LogP) is -3.12. The molecule has 1 aromatic rings. The van der Waals surface area contributed by atoms with Crippen molar-refractivity contribution in [3.05, 3.63) is 24.3 Å². The van der Waals surface area contributed by atoms with E-state index in [1.54, 1.807) is 0 Å². The van der Waals surface area contributed by atoms with Gasteiger partial charge in [-0.15, -0.1) is 0 Å². The Balaban J connectivity index is 1.99. The molecule has 1 aromatic carbocycles. The number of nitrogens with zero attached hydrogens (tertiary/aromatic N) is 2. The maximum absolute atomic E-state index is 11.9. The number of anilines is 2. The third-order valence-corrected chi connectivity index (χ3v) is 3.84. The van der Waals surface area contributed by atoms with Gasteiger partial charge in [0, 0.05) is 0 Å². The summed E-state index contributed by atoms with van der Waals surface area (Å²) in [6, 6.07) is 5.02. The zero-order valence-electron chi connectivity index (χ0n) is 11.9. The van der Waals surface area contributed by atoms with Gasteiger partial charge in [-0.2, -0.15) is 0 Å². The molecule has 2 saturated heterocycles. The smallest absolute Gasteiger partial charge is 0.265 e. The Bertz CT molecular complexity index is 664. The fraction of sp³-hybridized carbons (Fsp3) is 0.286. The third-order valence-electron chi connectivity index (χ3n) is 3.84. The molecule has 2 aliphatic rings. The predicted molar refractivity (Wildman–Crippen MR) is 75.5 cm³/mol. The highest BCUT2D eigenvalue weighted by Gasteiger charge is 2.48. The van der Waals surface area contributed by atoms with Crippen molar-refractivity contribution in [3.8, 4) is 0 Å². The van der Waals surface area contributed by atoms with E-state index in [2.05, 4.69) is 0 Å². The van der Waals surface area contributed by atoms with Crippen LogP contribution < -0.4 is 9.80 Å². The second-order valence-electron chi connectivity index (χ2n) is 5.32. The lowest BCUT2D eigenvalue weighted by atomic mass is 10.2. The molecular formula is C14H12N2O8. The van der Waals surface area contributed by atoms with E-state index in [0.29, 0.717) is 9.80 Å². The topological polar surface area (TPSA) is 156 Å². The summed E-state index contributed by atoms with van der Waals surface area (Å²) in [6.07, 6.45) is -7.61. The van der Waals surface area contributed by atoms with Crippen LogP contribution in [0, 0.1) is 0 Å². The standard InChI is InChI=1S/C14H12N2O8/c17-7-8(18)12(22)15(11(7)21)5-2-1-3-6(4-5)16-13(23)9(19)10(20)14(16)24/h1-4,7-10,17-20H/t7-,8-,9-,10-/m1/s1. The second kappa shape index (κ2) is 5.46. The van der Waals surface area contributed by atoms with Crippen LogP contribution in [0.3, 0.4) is 0 Å². The molecule has 0 bridgehead atoms. The number of aliphatic hydroxyl groups excluding tert-OH is 4. The van der Waals surface area contributed by atoms with Crippen LogP contribution in [0.4, 0.5) is 11.4 Å². The van der Waals surface area contributed by atoms with Gasteiger partial charge in [0.15, 0.2) is 24.4 Å². The number of benzene rings is 1. The lowest BCUT2D eigenvalue weighted by molar-refractivity contribution is -0.129. The van der Waals surface area contributed by atoms with E-state index in [-0.39, 0.29) is 11.4 Å². The Kier molecular flexibility index (Phi) is 3.68. The number of aliphatic hydroxyl groups is 4. The summed E-state index contributed by atoms with van der Waals surface area (Å²) in [7, 11) is 0. The van der Waals surface area contributed by atoms with E-state index in [0.717, 1.165) is 6.07 Å². The molecule has 0 aliphatic carbocycles.